The van der Waals surface area contributed by atoms with Crippen LogP contribution in [0.2, 0.25) is 0 Å². The number of nitrogens with one attached hydrogen (secondary N) is 1. The first-order valence-corrected chi connectivity index (χ1v) is 6.35. The van der Waals surface area contributed by atoms with Crippen LogP contribution >= 0.6 is 0 Å². The molecule has 0 aliphatic heterocycles. The Balaban J connectivity index is 1.78. The fourth-order valence-corrected chi connectivity index (χ4v) is 2.14. The van der Waals surface area contributed by atoms with Crippen molar-refractivity contribution in [1.29, 1.82) is 0 Å². The monoisotopic (exact) mass is 253 g/mol. The molecule has 96 valence electrons. The lowest BCUT2D eigenvalue weighted by Crippen LogP contribution is -2.35. The first-order valence-electron chi connectivity index (χ1n) is 6.35. The van der Waals surface area contributed by atoms with Crippen LogP contribution in [0, 0.1) is 6.92 Å². The van der Waals surface area contributed by atoms with E-state index in [9.17, 15) is 4.79 Å². The Morgan fingerprint density at radius 1 is 1.21 bits per heavy atom. The van der Waals surface area contributed by atoms with Gasteiger partial charge in [-0.3, -0.25) is 4.79 Å². The van der Waals surface area contributed by atoms with E-state index in [0.717, 1.165) is 24.1 Å². The molecule has 0 spiro atoms. The molecule has 1 aromatic carbocycles. The van der Waals surface area contributed by atoms with Crippen LogP contribution in [0.25, 0.3) is 0 Å². The Bertz CT molecular complexity index is 589. The number of amides is 1. The molecular formula is C15H15N3O. The average Bonchev–Trinajstić information content (AvgIpc) is 3.21. The van der Waals surface area contributed by atoms with Gasteiger partial charge in [-0.05, 0) is 38.0 Å². The van der Waals surface area contributed by atoms with E-state index in [-0.39, 0.29) is 11.4 Å². The number of carbonyl (C=O) groups excluding carboxylic acids is 1. The topological polar surface area (TPSA) is 54.9 Å². The molecule has 1 saturated carbocycles. The summed E-state index contributed by atoms with van der Waals surface area (Å²) in [6.45, 7) is 2.00. The molecule has 4 heteroatoms. The van der Waals surface area contributed by atoms with E-state index in [1.165, 1.54) is 6.33 Å². The maximum atomic E-state index is 12.2. The van der Waals surface area contributed by atoms with Crippen LogP contribution in [0.4, 0.5) is 0 Å². The molecule has 0 atom stereocenters. The van der Waals surface area contributed by atoms with Gasteiger partial charge in [0.1, 0.15) is 6.33 Å². The number of benzene rings is 1. The van der Waals surface area contributed by atoms with Gasteiger partial charge < -0.3 is 5.32 Å². The fraction of sp³-hybridized carbons (Fsp3) is 0.267. The van der Waals surface area contributed by atoms with Crippen molar-refractivity contribution in [1.82, 2.24) is 15.3 Å². The van der Waals surface area contributed by atoms with E-state index in [1.54, 1.807) is 6.20 Å². The van der Waals surface area contributed by atoms with Gasteiger partial charge in [-0.2, -0.15) is 0 Å². The van der Waals surface area contributed by atoms with Crippen molar-refractivity contribution in [3.8, 4) is 0 Å². The number of carbonyl (C=O) groups is 1. The van der Waals surface area contributed by atoms with Crippen molar-refractivity contribution in [3.05, 3.63) is 59.7 Å². The molecule has 1 heterocycles. The lowest BCUT2D eigenvalue weighted by atomic mass is 10.1. The second-order valence-electron chi connectivity index (χ2n) is 5.00. The van der Waals surface area contributed by atoms with Gasteiger partial charge in [-0.15, -0.1) is 0 Å². The lowest BCUT2D eigenvalue weighted by Gasteiger charge is -2.16. The number of hydrogen-bond acceptors (Lipinski definition) is 3. The van der Waals surface area contributed by atoms with Crippen molar-refractivity contribution in [2.45, 2.75) is 25.3 Å². The zero-order valence-electron chi connectivity index (χ0n) is 10.8. The van der Waals surface area contributed by atoms with E-state index >= 15 is 0 Å². The van der Waals surface area contributed by atoms with E-state index in [1.807, 2.05) is 37.3 Å². The highest BCUT2D eigenvalue weighted by Crippen LogP contribution is 2.44. The number of aromatic nitrogens is 2. The van der Waals surface area contributed by atoms with Crippen molar-refractivity contribution in [2.24, 2.45) is 0 Å². The molecule has 0 saturated heterocycles. The Hall–Kier alpha value is -2.23. The van der Waals surface area contributed by atoms with E-state index in [4.69, 9.17) is 0 Å². The molecule has 1 aliphatic rings. The maximum Gasteiger partial charge on any atom is 0.252 e. The summed E-state index contributed by atoms with van der Waals surface area (Å²) < 4.78 is 0. The summed E-state index contributed by atoms with van der Waals surface area (Å²) in [5.41, 5.74) is 2.44. The molecule has 19 heavy (non-hydrogen) atoms. The summed E-state index contributed by atoms with van der Waals surface area (Å²) in [5.74, 6) is -0.0453. The molecule has 0 unspecified atom stereocenters. The maximum absolute atomic E-state index is 12.2. The summed E-state index contributed by atoms with van der Waals surface area (Å²) >= 11 is 0. The van der Waals surface area contributed by atoms with Crippen molar-refractivity contribution >= 4 is 5.91 Å². The van der Waals surface area contributed by atoms with Crippen LogP contribution in [-0.2, 0) is 5.54 Å². The largest absolute Gasteiger partial charge is 0.341 e. The third-order valence-corrected chi connectivity index (χ3v) is 3.49. The fourth-order valence-electron chi connectivity index (χ4n) is 2.14. The second-order valence-corrected chi connectivity index (χ2v) is 5.00. The van der Waals surface area contributed by atoms with Crippen LogP contribution in [0.3, 0.4) is 0 Å². The number of hydrogen-bond donors (Lipinski definition) is 1. The van der Waals surface area contributed by atoms with Gasteiger partial charge in [0.05, 0.1) is 11.2 Å². The minimum absolute atomic E-state index is 0.0453. The first kappa shape index (κ1) is 11.8. The minimum Gasteiger partial charge on any atom is -0.341 e. The number of nitrogens with zero attached hydrogens (tertiary/aromatic N) is 2. The molecule has 1 fully saturated rings. The number of aryl methyl sites for hydroxylation is 1. The highest BCUT2D eigenvalue weighted by atomic mass is 16.1. The first-order chi connectivity index (χ1) is 9.20. The normalized spacial score (nSPS) is 15.8. The second kappa shape index (κ2) is 4.46. The molecule has 0 radical (unpaired) electrons. The third kappa shape index (κ3) is 2.34. The summed E-state index contributed by atoms with van der Waals surface area (Å²) in [5, 5.41) is 3.09. The zero-order chi connectivity index (χ0) is 13.3. The Labute approximate surface area is 111 Å². The molecule has 1 N–H and O–H groups in total. The van der Waals surface area contributed by atoms with Gasteiger partial charge in [-0.1, -0.05) is 17.7 Å². The summed E-state index contributed by atoms with van der Waals surface area (Å²) in [4.78, 5) is 20.4. The SMILES string of the molecule is Cc1ccc(C(=O)NC2(c3ccncn3)CC2)cc1. The van der Waals surface area contributed by atoms with E-state index < -0.39 is 0 Å². The van der Waals surface area contributed by atoms with Crippen LogP contribution in [0.15, 0.2) is 42.9 Å². The molecule has 1 aromatic heterocycles. The molecular weight excluding hydrogens is 238 g/mol. The minimum atomic E-state index is -0.287. The highest BCUT2D eigenvalue weighted by molar-refractivity contribution is 5.95. The molecule has 3 rings (SSSR count). The number of rotatable bonds is 3. The van der Waals surface area contributed by atoms with Gasteiger partial charge in [0, 0.05) is 11.8 Å². The summed E-state index contributed by atoms with van der Waals surface area (Å²) in [6.07, 6.45) is 5.09. The Morgan fingerprint density at radius 3 is 2.53 bits per heavy atom. The smallest absolute Gasteiger partial charge is 0.252 e. The van der Waals surface area contributed by atoms with Crippen LogP contribution in [0.1, 0.15) is 34.5 Å². The van der Waals surface area contributed by atoms with Crippen LogP contribution in [-0.4, -0.2) is 15.9 Å². The molecule has 0 bridgehead atoms. The molecule has 2 aromatic rings. The molecule has 1 amide bonds. The predicted molar refractivity (Wildman–Crippen MR) is 71.6 cm³/mol. The van der Waals surface area contributed by atoms with Gasteiger partial charge in [0.25, 0.3) is 5.91 Å². The predicted octanol–water partition coefficient (Wildman–Crippen LogP) is 2.20. The third-order valence-electron chi connectivity index (χ3n) is 3.49. The Kier molecular flexibility index (Phi) is 2.78. The average molecular weight is 253 g/mol. The standard InChI is InChI=1S/C15H15N3O/c1-11-2-4-12(5-3-11)14(19)18-15(7-8-15)13-6-9-16-10-17-13/h2-6,9-10H,7-8H2,1H3,(H,18,19). The van der Waals surface area contributed by atoms with Gasteiger partial charge in [0.2, 0.25) is 0 Å². The van der Waals surface area contributed by atoms with Gasteiger partial charge in [-0.25, -0.2) is 9.97 Å². The summed E-state index contributed by atoms with van der Waals surface area (Å²) in [6, 6.07) is 9.45. The van der Waals surface area contributed by atoms with Crippen LogP contribution in [0.5, 0.6) is 0 Å². The highest BCUT2D eigenvalue weighted by Gasteiger charge is 2.47. The van der Waals surface area contributed by atoms with Gasteiger partial charge >= 0.3 is 0 Å². The Morgan fingerprint density at radius 2 is 1.95 bits per heavy atom. The van der Waals surface area contributed by atoms with Crippen molar-refractivity contribution in [3.63, 3.8) is 0 Å². The van der Waals surface area contributed by atoms with Crippen LogP contribution < -0.4 is 5.32 Å². The van der Waals surface area contributed by atoms with E-state index in [0.29, 0.717) is 5.56 Å². The molecule has 1 aliphatic carbocycles. The zero-order valence-corrected chi connectivity index (χ0v) is 10.8. The summed E-state index contributed by atoms with van der Waals surface area (Å²) in [7, 11) is 0. The van der Waals surface area contributed by atoms with Crippen molar-refractivity contribution < 1.29 is 4.79 Å². The lowest BCUT2D eigenvalue weighted by molar-refractivity contribution is 0.0929. The van der Waals surface area contributed by atoms with E-state index in [2.05, 4.69) is 15.3 Å². The molecule has 4 nitrogen and oxygen atoms in total. The quantitative estimate of drug-likeness (QED) is 0.912. The van der Waals surface area contributed by atoms with Gasteiger partial charge in [0.15, 0.2) is 0 Å². The van der Waals surface area contributed by atoms with Crippen molar-refractivity contribution in [2.75, 3.05) is 0 Å².